The van der Waals surface area contributed by atoms with Gasteiger partial charge in [-0.05, 0) is 6.42 Å². The highest BCUT2D eigenvalue weighted by Crippen LogP contribution is 2.42. The largest absolute Gasteiger partial charge is 0.451 e. The summed E-state index contributed by atoms with van der Waals surface area (Å²) in [5.74, 6) is -4.93. The van der Waals surface area contributed by atoms with Gasteiger partial charge in [0.2, 0.25) is 0 Å². The molecule has 2 atom stereocenters. The predicted octanol–water partition coefficient (Wildman–Crippen LogP) is 3.93. The molecule has 0 aliphatic heterocycles. The zero-order valence-electron chi connectivity index (χ0n) is 8.63. The van der Waals surface area contributed by atoms with E-state index in [1.165, 1.54) is 6.92 Å². The summed E-state index contributed by atoms with van der Waals surface area (Å²) < 4.78 is 101. The topological polar surface area (TPSA) is 9.23 Å². The van der Waals surface area contributed by atoms with Crippen molar-refractivity contribution in [3.63, 3.8) is 0 Å². The maximum atomic E-state index is 13.2. The molecule has 2 unspecified atom stereocenters. The molecule has 0 aromatic heterocycles. The third-order valence-corrected chi connectivity index (χ3v) is 1.72. The molecule has 0 spiro atoms. The molecule has 0 heterocycles. The monoisotopic (exact) mass is 274 g/mol. The van der Waals surface area contributed by atoms with Gasteiger partial charge >= 0.3 is 18.2 Å². The van der Waals surface area contributed by atoms with E-state index in [1.54, 1.807) is 0 Å². The highest BCUT2D eigenvalue weighted by molar-refractivity contribution is 4.87. The van der Waals surface area contributed by atoms with Gasteiger partial charge in [0.05, 0.1) is 13.0 Å². The first-order chi connectivity index (χ1) is 7.44. The minimum absolute atomic E-state index is 0.0967. The molecule has 0 aromatic carbocycles. The molecule has 104 valence electrons. The van der Waals surface area contributed by atoms with Crippen LogP contribution in [-0.2, 0) is 4.74 Å². The van der Waals surface area contributed by atoms with E-state index in [0.717, 1.165) is 0 Å². The Morgan fingerprint density at radius 1 is 1.00 bits per heavy atom. The molecule has 0 bridgehead atoms. The molecule has 0 radical (unpaired) electrons. The van der Waals surface area contributed by atoms with E-state index in [0.29, 0.717) is 0 Å². The summed E-state index contributed by atoms with van der Waals surface area (Å²) >= 11 is 0. The van der Waals surface area contributed by atoms with Crippen LogP contribution in [0.1, 0.15) is 19.8 Å². The van der Waals surface area contributed by atoms with Crippen LogP contribution in [0.2, 0.25) is 0 Å². The molecular weight excluding hydrogens is 264 g/mol. The van der Waals surface area contributed by atoms with Crippen LogP contribution in [0.3, 0.4) is 0 Å². The van der Waals surface area contributed by atoms with Crippen LogP contribution < -0.4 is 0 Å². The van der Waals surface area contributed by atoms with Gasteiger partial charge < -0.3 is 4.74 Å². The van der Waals surface area contributed by atoms with Crippen molar-refractivity contribution in [3.8, 4) is 0 Å². The summed E-state index contributed by atoms with van der Waals surface area (Å²) in [4.78, 5) is 0. The zero-order chi connectivity index (χ0) is 13.9. The van der Waals surface area contributed by atoms with E-state index in [2.05, 4.69) is 4.74 Å². The van der Waals surface area contributed by atoms with E-state index >= 15 is 0 Å². The second-order valence-electron chi connectivity index (χ2n) is 3.28. The van der Waals surface area contributed by atoms with E-state index in [-0.39, 0.29) is 6.42 Å². The first-order valence-corrected chi connectivity index (χ1v) is 4.54. The number of rotatable bonds is 5. The van der Waals surface area contributed by atoms with Gasteiger partial charge in [0.25, 0.3) is 0 Å². The van der Waals surface area contributed by atoms with Crippen molar-refractivity contribution in [1.29, 1.82) is 0 Å². The molecule has 0 saturated carbocycles. The maximum absolute atomic E-state index is 13.2. The predicted molar refractivity (Wildman–Crippen MR) is 41.7 cm³/mol. The van der Waals surface area contributed by atoms with Crippen molar-refractivity contribution in [2.45, 2.75) is 44.1 Å². The van der Waals surface area contributed by atoms with E-state index in [9.17, 15) is 35.1 Å². The summed E-state index contributed by atoms with van der Waals surface area (Å²) in [5, 5.41) is 0. The molecule has 0 fully saturated rings. The molecule has 0 aliphatic rings. The van der Waals surface area contributed by atoms with Crippen molar-refractivity contribution in [1.82, 2.24) is 0 Å². The summed E-state index contributed by atoms with van der Waals surface area (Å²) in [6.07, 6.45) is -17.6. The first-order valence-electron chi connectivity index (χ1n) is 4.54. The maximum Gasteiger partial charge on any atom is 0.451 e. The third-order valence-electron chi connectivity index (χ3n) is 1.72. The van der Waals surface area contributed by atoms with Crippen molar-refractivity contribution >= 4 is 0 Å². The van der Waals surface area contributed by atoms with Crippen LogP contribution in [0.15, 0.2) is 0 Å². The lowest BCUT2D eigenvalue weighted by Crippen LogP contribution is -2.52. The third kappa shape index (κ3) is 4.64. The standard InChI is InChI=1S/C8H10F8O/c1-2-3-17-7(13,8(14,15)16)5(9)4-6(10,11)12/h5H,2-4H2,1H3. The second-order valence-corrected chi connectivity index (χ2v) is 3.28. The fourth-order valence-corrected chi connectivity index (χ4v) is 0.935. The highest BCUT2D eigenvalue weighted by Gasteiger charge is 2.65. The molecule has 0 aliphatic carbocycles. The molecule has 0 aromatic rings. The second kappa shape index (κ2) is 5.36. The molecule has 0 saturated heterocycles. The number of hydrogen-bond acceptors (Lipinski definition) is 1. The van der Waals surface area contributed by atoms with Gasteiger partial charge in [-0.1, -0.05) is 6.92 Å². The van der Waals surface area contributed by atoms with Crippen molar-refractivity contribution in [2.24, 2.45) is 0 Å². The summed E-state index contributed by atoms with van der Waals surface area (Å²) in [5.41, 5.74) is 0. The Hall–Kier alpha value is -0.600. The minimum atomic E-state index is -5.87. The van der Waals surface area contributed by atoms with E-state index in [4.69, 9.17) is 0 Å². The Balaban J connectivity index is 4.92. The van der Waals surface area contributed by atoms with Gasteiger partial charge in [0.15, 0.2) is 6.17 Å². The van der Waals surface area contributed by atoms with Gasteiger partial charge in [-0.3, -0.25) is 0 Å². The normalized spacial score (nSPS) is 18.9. The lowest BCUT2D eigenvalue weighted by Gasteiger charge is -2.30. The highest BCUT2D eigenvalue weighted by atomic mass is 19.4. The number of halogens is 8. The van der Waals surface area contributed by atoms with Gasteiger partial charge in [0, 0.05) is 0 Å². The molecule has 1 nitrogen and oxygen atoms in total. The van der Waals surface area contributed by atoms with Gasteiger partial charge in [-0.25, -0.2) is 4.39 Å². The zero-order valence-corrected chi connectivity index (χ0v) is 8.63. The molecule has 0 amide bonds. The molecule has 0 N–H and O–H groups in total. The minimum Gasteiger partial charge on any atom is -0.337 e. The van der Waals surface area contributed by atoms with Crippen molar-refractivity contribution < 1.29 is 39.9 Å². The Labute approximate surface area is 91.7 Å². The quantitative estimate of drug-likeness (QED) is 0.690. The Morgan fingerprint density at radius 3 is 1.76 bits per heavy atom. The van der Waals surface area contributed by atoms with Crippen molar-refractivity contribution in [3.05, 3.63) is 0 Å². The SMILES string of the molecule is CCCOC(F)(C(F)CC(F)(F)F)C(F)(F)F. The van der Waals surface area contributed by atoms with Gasteiger partial charge in [0.1, 0.15) is 0 Å². The van der Waals surface area contributed by atoms with E-state index < -0.39 is 37.4 Å². The lowest BCUT2D eigenvalue weighted by atomic mass is 10.1. The molecule has 9 heteroatoms. The van der Waals surface area contributed by atoms with Gasteiger partial charge in [-0.15, -0.1) is 0 Å². The smallest absolute Gasteiger partial charge is 0.337 e. The fraction of sp³-hybridized carbons (Fsp3) is 1.00. The average Bonchev–Trinajstić information content (AvgIpc) is 2.09. The average molecular weight is 274 g/mol. The van der Waals surface area contributed by atoms with Crippen LogP contribution in [0.5, 0.6) is 0 Å². The number of hydrogen-bond donors (Lipinski definition) is 0. The number of alkyl halides is 8. The Bertz CT molecular complexity index is 235. The number of ether oxygens (including phenoxy) is 1. The van der Waals surface area contributed by atoms with Gasteiger partial charge in [-0.2, -0.15) is 30.7 Å². The first kappa shape index (κ1) is 16.4. The fourth-order valence-electron chi connectivity index (χ4n) is 0.935. The summed E-state index contributed by atoms with van der Waals surface area (Å²) in [7, 11) is 0. The molecule has 17 heavy (non-hydrogen) atoms. The molecular formula is C8H10F8O. The van der Waals surface area contributed by atoms with E-state index in [1.807, 2.05) is 0 Å². The molecule has 0 rings (SSSR count). The van der Waals surface area contributed by atoms with Crippen LogP contribution in [0, 0.1) is 0 Å². The Kier molecular flexibility index (Phi) is 5.17. The van der Waals surface area contributed by atoms with Crippen LogP contribution in [0.4, 0.5) is 35.1 Å². The van der Waals surface area contributed by atoms with Crippen LogP contribution in [0.25, 0.3) is 0 Å². The van der Waals surface area contributed by atoms with Crippen LogP contribution in [-0.4, -0.2) is 31.0 Å². The summed E-state index contributed by atoms with van der Waals surface area (Å²) in [6.45, 7) is 0.460. The van der Waals surface area contributed by atoms with Crippen LogP contribution >= 0.6 is 0 Å². The van der Waals surface area contributed by atoms with Crippen molar-refractivity contribution in [2.75, 3.05) is 6.61 Å². The summed E-state index contributed by atoms with van der Waals surface area (Å²) in [6, 6.07) is 0. The lowest BCUT2D eigenvalue weighted by molar-refractivity contribution is -0.359. The Morgan fingerprint density at radius 2 is 1.47 bits per heavy atom.